The first kappa shape index (κ1) is 50.0. The van der Waals surface area contributed by atoms with Crippen LogP contribution in [-0.4, -0.2) is 60.3 Å². The summed E-state index contributed by atoms with van der Waals surface area (Å²) in [5.41, 5.74) is 29.5. The van der Waals surface area contributed by atoms with Crippen molar-refractivity contribution in [2.75, 3.05) is 19.6 Å². The highest BCUT2D eigenvalue weighted by Crippen LogP contribution is 2.15. The fourth-order valence-corrected chi connectivity index (χ4v) is 6.83. The van der Waals surface area contributed by atoms with Crippen LogP contribution in [0.4, 0.5) is 0 Å². The highest BCUT2D eigenvalue weighted by Gasteiger charge is 2.32. The van der Waals surface area contributed by atoms with E-state index >= 15 is 0 Å². The summed E-state index contributed by atoms with van der Waals surface area (Å²) >= 11 is 0. The number of hydrogen-bond acceptors (Lipinski definition) is 6. The highest BCUT2D eigenvalue weighted by atomic mass is 16.2. The molecular weight excluding hydrogens is 647 g/mol. The maximum atomic E-state index is 13.6. The smallest absolute Gasteiger partial charge is 0.241 e. The van der Waals surface area contributed by atoms with E-state index in [9.17, 15) is 9.59 Å². The molecule has 9 heteroatoms. The van der Waals surface area contributed by atoms with Gasteiger partial charge in [0.15, 0.2) is 11.7 Å². The molecule has 0 rings (SSSR count). The minimum Gasteiger partial charge on any atom is -0.370 e. The zero-order chi connectivity index (χ0) is 38.5. The van der Waals surface area contributed by atoms with E-state index in [1.54, 1.807) is 0 Å². The normalized spacial score (nSPS) is 13.3. The molecule has 0 spiro atoms. The second kappa shape index (κ2) is 37.3. The van der Waals surface area contributed by atoms with Crippen LogP contribution in [-0.2, 0) is 9.59 Å². The van der Waals surface area contributed by atoms with Gasteiger partial charge in [-0.15, -0.1) is 0 Å². The number of rotatable bonds is 39. The molecule has 0 aromatic rings. The van der Waals surface area contributed by atoms with Crippen molar-refractivity contribution in [1.29, 1.82) is 0 Å². The summed E-state index contributed by atoms with van der Waals surface area (Å²) in [5.74, 6) is -0.625. The van der Waals surface area contributed by atoms with Crippen LogP contribution in [0.15, 0.2) is 17.1 Å². The molecule has 0 saturated heterocycles. The zero-order valence-corrected chi connectivity index (χ0v) is 34.3. The van der Waals surface area contributed by atoms with E-state index in [1.165, 1.54) is 154 Å². The van der Waals surface area contributed by atoms with Gasteiger partial charge in [-0.1, -0.05) is 167 Å². The number of Topliss-reactive ketones (excluding diaryl/α,β-unsaturated/α-hetero) is 1. The Labute approximate surface area is 321 Å². The number of amides is 1. The third-order valence-corrected chi connectivity index (χ3v) is 10.4. The van der Waals surface area contributed by atoms with Crippen molar-refractivity contribution < 1.29 is 9.59 Å². The van der Waals surface area contributed by atoms with Crippen molar-refractivity contribution in [3.8, 4) is 0 Å². The lowest BCUT2D eigenvalue weighted by Crippen LogP contribution is -2.59. The number of unbranched alkanes of at least 4 members (excludes halogenated alkanes) is 25. The van der Waals surface area contributed by atoms with E-state index < -0.39 is 18.1 Å². The van der Waals surface area contributed by atoms with Gasteiger partial charge in [0.2, 0.25) is 5.91 Å². The number of carbonyl (C=O) groups excluding carboxylic acids is 2. The molecule has 3 atom stereocenters. The number of carbonyl (C=O) groups is 2. The van der Waals surface area contributed by atoms with Crippen LogP contribution >= 0.6 is 0 Å². The first-order valence-corrected chi connectivity index (χ1v) is 22.1. The third-order valence-electron chi connectivity index (χ3n) is 10.4. The van der Waals surface area contributed by atoms with Crippen LogP contribution < -0.4 is 28.7 Å². The van der Waals surface area contributed by atoms with Gasteiger partial charge in [-0.05, 0) is 51.4 Å². The summed E-state index contributed by atoms with van der Waals surface area (Å²) in [6.45, 7) is 6.22. The van der Waals surface area contributed by atoms with Crippen molar-refractivity contribution >= 4 is 17.6 Å². The van der Waals surface area contributed by atoms with Crippen LogP contribution in [0.3, 0.4) is 0 Å². The molecule has 0 radical (unpaired) electrons. The quantitative estimate of drug-likeness (QED) is 0.0181. The Kier molecular flexibility index (Phi) is 35.9. The molecule has 306 valence electrons. The third kappa shape index (κ3) is 30.5. The molecule has 0 aromatic carbocycles. The highest BCUT2D eigenvalue weighted by molar-refractivity contribution is 5.95. The molecule has 52 heavy (non-hydrogen) atoms. The van der Waals surface area contributed by atoms with Crippen molar-refractivity contribution in [3.05, 3.63) is 12.2 Å². The molecule has 0 aromatic heterocycles. The summed E-state index contributed by atoms with van der Waals surface area (Å²) in [6.07, 6.45) is 41.1. The largest absolute Gasteiger partial charge is 0.370 e. The van der Waals surface area contributed by atoms with Gasteiger partial charge in [0, 0.05) is 19.6 Å². The molecule has 1 amide bonds. The van der Waals surface area contributed by atoms with Crippen LogP contribution in [0, 0.1) is 0 Å². The average molecular weight is 734 g/mol. The Hall–Kier alpha value is -1.97. The second-order valence-corrected chi connectivity index (χ2v) is 15.4. The van der Waals surface area contributed by atoms with Crippen LogP contribution in [0.1, 0.15) is 206 Å². The van der Waals surface area contributed by atoms with Crippen LogP contribution in [0.2, 0.25) is 0 Å². The Morgan fingerprint density at radius 2 is 0.885 bits per heavy atom. The van der Waals surface area contributed by atoms with Crippen molar-refractivity contribution in [2.45, 2.75) is 225 Å². The Morgan fingerprint density at radius 1 is 0.519 bits per heavy atom. The van der Waals surface area contributed by atoms with Gasteiger partial charge < -0.3 is 33.6 Å². The summed E-state index contributed by atoms with van der Waals surface area (Å²) in [5, 5.41) is 0. The molecule has 0 aliphatic heterocycles. The molecule has 3 unspecified atom stereocenters. The number of nitrogens with two attached hydrogens (primary N) is 5. The van der Waals surface area contributed by atoms with E-state index in [0.29, 0.717) is 32.5 Å². The van der Waals surface area contributed by atoms with Gasteiger partial charge in [0.1, 0.15) is 6.04 Å². The topological polar surface area (TPSA) is 180 Å². The number of ketones is 1. The number of nitrogens with zero attached hydrogens (tertiary/aromatic N) is 2. The summed E-state index contributed by atoms with van der Waals surface area (Å²) in [6, 6.07) is -3.04. The Bertz CT molecular complexity index is 878. The maximum Gasteiger partial charge on any atom is 0.241 e. The van der Waals surface area contributed by atoms with E-state index in [2.05, 4.69) is 31.0 Å². The average Bonchev–Trinajstić information content (AvgIpc) is 3.14. The number of hydrogen-bond donors (Lipinski definition) is 5. The minimum absolute atomic E-state index is 0.00452. The molecule has 10 N–H and O–H groups in total. The van der Waals surface area contributed by atoms with Crippen LogP contribution in [0.5, 0.6) is 0 Å². The predicted molar refractivity (Wildman–Crippen MR) is 225 cm³/mol. The summed E-state index contributed by atoms with van der Waals surface area (Å²) < 4.78 is 0. The lowest BCUT2D eigenvalue weighted by atomic mass is 9.96. The van der Waals surface area contributed by atoms with E-state index in [-0.39, 0.29) is 17.6 Å². The van der Waals surface area contributed by atoms with Crippen molar-refractivity contribution in [3.63, 3.8) is 0 Å². The monoisotopic (exact) mass is 734 g/mol. The number of aliphatic imine (C=N–C) groups is 1. The fourth-order valence-electron chi connectivity index (χ4n) is 6.83. The standard InChI is InChI=1S/C43H87N7O2/c1-3-5-7-9-11-13-15-17-19-20-22-24-26-28-30-32-37-50(36-31-29-27-25-23-21-18-16-14-12-10-8-6-4-2)42(52)40(46)39(45)41(51)38(44)34-33-35-49-43(47)48/h17,19,38-40H,3-16,18,20-37,44-46H2,1-2H3,(H4,47,48,49)/b19-17-. The molecule has 0 saturated carbocycles. The lowest BCUT2D eigenvalue weighted by Gasteiger charge is -2.29. The molecule has 0 bridgehead atoms. The Morgan fingerprint density at radius 3 is 1.27 bits per heavy atom. The van der Waals surface area contributed by atoms with E-state index in [1.807, 2.05) is 4.90 Å². The number of allylic oxidation sites excluding steroid dienone is 2. The first-order chi connectivity index (χ1) is 25.3. The molecular formula is C43H87N7O2. The van der Waals surface area contributed by atoms with Gasteiger partial charge in [0.05, 0.1) is 12.1 Å². The summed E-state index contributed by atoms with van der Waals surface area (Å²) in [4.78, 5) is 32.3. The fraction of sp³-hybridized carbons (Fsp3) is 0.884. The van der Waals surface area contributed by atoms with E-state index in [4.69, 9.17) is 28.7 Å². The molecule has 9 nitrogen and oxygen atoms in total. The molecule has 0 aliphatic rings. The van der Waals surface area contributed by atoms with Gasteiger partial charge in [-0.3, -0.25) is 14.6 Å². The summed E-state index contributed by atoms with van der Waals surface area (Å²) in [7, 11) is 0. The Balaban J connectivity index is 4.57. The molecule has 0 fully saturated rings. The SMILES string of the molecule is CCCCCCCC/C=C\CCCCCCCCN(CCCCCCCCCCCCCCCC)C(=O)C(N)C(N)C(=O)C(N)CCCN=C(N)N. The van der Waals surface area contributed by atoms with E-state index in [0.717, 1.165) is 25.7 Å². The second-order valence-electron chi connectivity index (χ2n) is 15.4. The lowest BCUT2D eigenvalue weighted by molar-refractivity contribution is -0.136. The van der Waals surface area contributed by atoms with Gasteiger partial charge in [0.25, 0.3) is 0 Å². The predicted octanol–water partition coefficient (Wildman–Crippen LogP) is 8.94. The minimum atomic E-state index is -1.13. The van der Waals surface area contributed by atoms with Gasteiger partial charge in [-0.25, -0.2) is 0 Å². The van der Waals surface area contributed by atoms with Gasteiger partial charge >= 0.3 is 0 Å². The molecule has 0 aliphatic carbocycles. The molecule has 0 heterocycles. The first-order valence-electron chi connectivity index (χ1n) is 22.1. The van der Waals surface area contributed by atoms with Crippen molar-refractivity contribution in [1.82, 2.24) is 4.90 Å². The van der Waals surface area contributed by atoms with Crippen molar-refractivity contribution in [2.24, 2.45) is 33.7 Å². The zero-order valence-electron chi connectivity index (χ0n) is 34.3. The maximum absolute atomic E-state index is 13.6. The van der Waals surface area contributed by atoms with Crippen LogP contribution in [0.25, 0.3) is 0 Å². The van der Waals surface area contributed by atoms with Gasteiger partial charge in [-0.2, -0.15) is 0 Å². The number of guanidine groups is 1.